The molecule has 0 aromatic heterocycles. The van der Waals surface area contributed by atoms with E-state index in [1.165, 1.54) is 12.0 Å². The van der Waals surface area contributed by atoms with E-state index in [2.05, 4.69) is 47.5 Å². The molecular formula is C17H28N2O. The Bertz CT molecular complexity index is 369. The van der Waals surface area contributed by atoms with Gasteiger partial charge in [-0.1, -0.05) is 37.3 Å². The summed E-state index contributed by atoms with van der Waals surface area (Å²) in [5, 5.41) is 13.1. The first-order valence-corrected chi connectivity index (χ1v) is 7.98. The molecule has 2 unspecified atom stereocenters. The SMILES string of the molecule is CCCNC(CCN1CCCC1CO)c1ccccc1. The van der Waals surface area contributed by atoms with Crippen LogP contribution < -0.4 is 5.32 Å². The highest BCUT2D eigenvalue weighted by Gasteiger charge is 2.24. The summed E-state index contributed by atoms with van der Waals surface area (Å²) in [6, 6.07) is 11.5. The van der Waals surface area contributed by atoms with Crippen LogP contribution in [0.4, 0.5) is 0 Å². The summed E-state index contributed by atoms with van der Waals surface area (Å²) in [5.41, 5.74) is 1.38. The van der Waals surface area contributed by atoms with Gasteiger partial charge in [0.05, 0.1) is 6.61 Å². The Kier molecular flexibility index (Phi) is 6.51. The molecule has 3 nitrogen and oxygen atoms in total. The quantitative estimate of drug-likeness (QED) is 0.766. The predicted molar refractivity (Wildman–Crippen MR) is 83.8 cm³/mol. The second-order valence-corrected chi connectivity index (χ2v) is 5.72. The van der Waals surface area contributed by atoms with Crippen molar-refractivity contribution in [3.05, 3.63) is 35.9 Å². The first-order chi connectivity index (χ1) is 9.85. The zero-order valence-corrected chi connectivity index (χ0v) is 12.6. The van der Waals surface area contributed by atoms with Crippen LogP contribution in [-0.4, -0.2) is 42.3 Å². The number of aliphatic hydroxyl groups is 1. The van der Waals surface area contributed by atoms with Crippen molar-refractivity contribution in [1.82, 2.24) is 10.2 Å². The maximum Gasteiger partial charge on any atom is 0.0586 e. The van der Waals surface area contributed by atoms with Crippen LogP contribution in [0.3, 0.4) is 0 Å². The highest BCUT2D eigenvalue weighted by atomic mass is 16.3. The van der Waals surface area contributed by atoms with Crippen molar-refractivity contribution in [2.75, 3.05) is 26.2 Å². The van der Waals surface area contributed by atoms with Crippen LogP contribution in [0.2, 0.25) is 0 Å². The molecule has 0 radical (unpaired) electrons. The highest BCUT2D eigenvalue weighted by Crippen LogP contribution is 2.21. The van der Waals surface area contributed by atoms with E-state index in [9.17, 15) is 5.11 Å². The summed E-state index contributed by atoms with van der Waals surface area (Å²) in [7, 11) is 0. The maximum absolute atomic E-state index is 9.40. The van der Waals surface area contributed by atoms with E-state index in [4.69, 9.17) is 0 Å². The van der Waals surface area contributed by atoms with Crippen molar-refractivity contribution in [2.24, 2.45) is 0 Å². The van der Waals surface area contributed by atoms with Gasteiger partial charge >= 0.3 is 0 Å². The third-order valence-corrected chi connectivity index (χ3v) is 4.26. The Morgan fingerprint density at radius 1 is 1.35 bits per heavy atom. The Morgan fingerprint density at radius 3 is 2.85 bits per heavy atom. The molecule has 20 heavy (non-hydrogen) atoms. The highest BCUT2D eigenvalue weighted by molar-refractivity contribution is 5.18. The smallest absolute Gasteiger partial charge is 0.0586 e. The van der Waals surface area contributed by atoms with Gasteiger partial charge in [-0.05, 0) is 44.3 Å². The maximum atomic E-state index is 9.40. The van der Waals surface area contributed by atoms with Crippen molar-refractivity contribution in [3.8, 4) is 0 Å². The van der Waals surface area contributed by atoms with Gasteiger partial charge < -0.3 is 10.4 Å². The van der Waals surface area contributed by atoms with Crippen LogP contribution in [-0.2, 0) is 0 Å². The van der Waals surface area contributed by atoms with Gasteiger partial charge in [-0.15, -0.1) is 0 Å². The molecule has 0 saturated carbocycles. The summed E-state index contributed by atoms with van der Waals surface area (Å²) >= 11 is 0. The van der Waals surface area contributed by atoms with E-state index in [1.807, 2.05) is 0 Å². The number of hydrogen-bond acceptors (Lipinski definition) is 3. The molecule has 2 rings (SSSR count). The number of nitrogens with one attached hydrogen (secondary N) is 1. The summed E-state index contributed by atoms with van der Waals surface area (Å²) in [5.74, 6) is 0. The second kappa shape index (κ2) is 8.40. The molecule has 1 aliphatic rings. The second-order valence-electron chi connectivity index (χ2n) is 5.72. The van der Waals surface area contributed by atoms with Crippen molar-refractivity contribution in [3.63, 3.8) is 0 Å². The number of hydrogen-bond donors (Lipinski definition) is 2. The normalized spacial score (nSPS) is 21.2. The third-order valence-electron chi connectivity index (χ3n) is 4.26. The van der Waals surface area contributed by atoms with Crippen LogP contribution in [0.5, 0.6) is 0 Å². The monoisotopic (exact) mass is 276 g/mol. The van der Waals surface area contributed by atoms with E-state index in [1.54, 1.807) is 0 Å². The van der Waals surface area contributed by atoms with E-state index in [0.717, 1.165) is 38.9 Å². The van der Waals surface area contributed by atoms with Gasteiger partial charge in [0, 0.05) is 18.6 Å². The van der Waals surface area contributed by atoms with Crippen molar-refractivity contribution < 1.29 is 5.11 Å². The van der Waals surface area contributed by atoms with Crippen molar-refractivity contribution >= 4 is 0 Å². The Hall–Kier alpha value is -0.900. The molecule has 3 heteroatoms. The van der Waals surface area contributed by atoms with Gasteiger partial charge in [0.2, 0.25) is 0 Å². The predicted octanol–water partition coefficient (Wildman–Crippen LogP) is 2.57. The number of benzene rings is 1. The Labute approximate surface area is 123 Å². The minimum atomic E-state index is 0.304. The largest absolute Gasteiger partial charge is 0.395 e. The minimum Gasteiger partial charge on any atom is -0.395 e. The first kappa shape index (κ1) is 15.5. The van der Waals surface area contributed by atoms with Crippen molar-refractivity contribution in [2.45, 2.75) is 44.7 Å². The van der Waals surface area contributed by atoms with E-state index in [-0.39, 0.29) is 0 Å². The molecule has 1 saturated heterocycles. The molecule has 0 amide bonds. The fourth-order valence-electron chi connectivity index (χ4n) is 3.08. The number of likely N-dealkylation sites (tertiary alicyclic amines) is 1. The lowest BCUT2D eigenvalue weighted by molar-refractivity contribution is 0.154. The number of aliphatic hydroxyl groups excluding tert-OH is 1. The van der Waals surface area contributed by atoms with Gasteiger partial charge in [0.15, 0.2) is 0 Å². The summed E-state index contributed by atoms with van der Waals surface area (Å²) < 4.78 is 0. The minimum absolute atomic E-state index is 0.304. The van der Waals surface area contributed by atoms with Crippen LogP contribution >= 0.6 is 0 Å². The van der Waals surface area contributed by atoms with Crippen LogP contribution in [0, 0.1) is 0 Å². The molecule has 0 aliphatic carbocycles. The third kappa shape index (κ3) is 4.30. The lowest BCUT2D eigenvalue weighted by atomic mass is 10.0. The van der Waals surface area contributed by atoms with Gasteiger partial charge in [0.25, 0.3) is 0 Å². The van der Waals surface area contributed by atoms with E-state index in [0.29, 0.717) is 18.7 Å². The molecule has 1 aromatic carbocycles. The molecule has 1 heterocycles. The van der Waals surface area contributed by atoms with Gasteiger partial charge in [-0.2, -0.15) is 0 Å². The Morgan fingerprint density at radius 2 is 2.15 bits per heavy atom. The molecule has 1 fully saturated rings. The fourth-order valence-corrected chi connectivity index (χ4v) is 3.08. The molecule has 2 atom stereocenters. The van der Waals surface area contributed by atoms with E-state index < -0.39 is 0 Å². The molecule has 2 N–H and O–H groups in total. The molecule has 0 spiro atoms. The Balaban J connectivity index is 1.90. The fraction of sp³-hybridized carbons (Fsp3) is 0.647. The van der Waals surface area contributed by atoms with E-state index >= 15 is 0 Å². The molecule has 1 aliphatic heterocycles. The zero-order chi connectivity index (χ0) is 14.2. The average molecular weight is 276 g/mol. The summed E-state index contributed by atoms with van der Waals surface area (Å²) in [6.07, 6.45) is 4.64. The van der Waals surface area contributed by atoms with Crippen LogP contribution in [0.1, 0.15) is 44.2 Å². The van der Waals surface area contributed by atoms with Crippen LogP contribution in [0.15, 0.2) is 30.3 Å². The lowest BCUT2D eigenvalue weighted by Crippen LogP contribution is -2.35. The van der Waals surface area contributed by atoms with Crippen molar-refractivity contribution in [1.29, 1.82) is 0 Å². The standard InChI is InChI=1S/C17H28N2O/c1-2-11-18-17(15-7-4-3-5-8-15)10-13-19-12-6-9-16(19)14-20/h3-5,7-8,16-18,20H,2,6,9-14H2,1H3. The lowest BCUT2D eigenvalue weighted by Gasteiger charge is -2.26. The first-order valence-electron chi connectivity index (χ1n) is 7.98. The molecule has 112 valence electrons. The molecular weight excluding hydrogens is 248 g/mol. The van der Waals surface area contributed by atoms with Gasteiger partial charge in [-0.25, -0.2) is 0 Å². The van der Waals surface area contributed by atoms with Crippen LogP contribution in [0.25, 0.3) is 0 Å². The van der Waals surface area contributed by atoms with Gasteiger partial charge in [0.1, 0.15) is 0 Å². The average Bonchev–Trinajstić information content (AvgIpc) is 2.96. The molecule has 1 aromatic rings. The zero-order valence-electron chi connectivity index (χ0n) is 12.6. The summed E-state index contributed by atoms with van der Waals surface area (Å²) in [6.45, 7) is 5.78. The summed E-state index contributed by atoms with van der Waals surface area (Å²) in [4.78, 5) is 2.45. The van der Waals surface area contributed by atoms with Gasteiger partial charge in [-0.3, -0.25) is 4.90 Å². The number of rotatable bonds is 8. The molecule has 0 bridgehead atoms. The topological polar surface area (TPSA) is 35.5 Å². The number of nitrogens with zero attached hydrogens (tertiary/aromatic N) is 1.